The van der Waals surface area contributed by atoms with Gasteiger partial charge in [0, 0.05) is 32.8 Å². The first kappa shape index (κ1) is 22.3. The summed E-state index contributed by atoms with van der Waals surface area (Å²) >= 11 is 0. The monoisotopic (exact) mass is 432 g/mol. The number of rotatable bonds is 7. The van der Waals surface area contributed by atoms with Crippen LogP contribution in [-0.2, 0) is 0 Å². The molecule has 1 aromatic carbocycles. The van der Waals surface area contributed by atoms with Crippen molar-refractivity contribution in [2.24, 2.45) is 10.2 Å². The van der Waals surface area contributed by atoms with Gasteiger partial charge in [-0.1, -0.05) is 30.3 Å². The predicted molar refractivity (Wildman–Crippen MR) is 125 cm³/mol. The van der Waals surface area contributed by atoms with Crippen LogP contribution in [0, 0.1) is 0 Å². The number of aliphatic hydroxyl groups is 1. The molecular formula is C21H24N10O. The van der Waals surface area contributed by atoms with Gasteiger partial charge in [-0.05, 0) is 0 Å². The first-order valence-corrected chi connectivity index (χ1v) is 9.60. The fourth-order valence-electron chi connectivity index (χ4n) is 2.56. The molecule has 0 saturated carbocycles. The summed E-state index contributed by atoms with van der Waals surface area (Å²) in [5.74, 6) is 1.83. The number of imidazole rings is 2. The van der Waals surface area contributed by atoms with Crippen LogP contribution in [0.15, 0.2) is 71.6 Å². The molecule has 0 amide bonds. The second kappa shape index (κ2) is 11.1. The fraction of sp³-hybridized carbons (Fsp3) is 0.143. The van der Waals surface area contributed by atoms with Gasteiger partial charge in [-0.2, -0.15) is 10.2 Å². The Labute approximate surface area is 185 Å². The summed E-state index contributed by atoms with van der Waals surface area (Å²) in [5, 5.41) is 19.2. The van der Waals surface area contributed by atoms with E-state index in [0.717, 1.165) is 24.1 Å². The predicted octanol–water partition coefficient (Wildman–Crippen LogP) is 2.14. The highest BCUT2D eigenvalue weighted by molar-refractivity contribution is 5.78. The standard InChI is InChI=1S/C20H20N10.CH4O/c1-29(25-11-16-9-21-13-23-16)18-8-19(30(2)26-12-17-10-22-14-24-17)28-20(27-18)15-6-4-3-5-7-15;1-2/h3-14H,1-2H3,(H,21,23)(H,22,24);2H,1H3/b25-11+,26-12+;. The lowest BCUT2D eigenvalue weighted by Gasteiger charge is -2.17. The second-order valence-corrected chi connectivity index (χ2v) is 6.32. The van der Waals surface area contributed by atoms with Gasteiger partial charge in [-0.15, -0.1) is 0 Å². The SMILES string of the molecule is CN(/N=C/c1cnc[nH]1)c1cc(N(C)/N=C/c2cnc[nH]2)nc(-c2ccccc2)n1.CO. The molecule has 0 unspecified atom stereocenters. The summed E-state index contributed by atoms with van der Waals surface area (Å²) < 4.78 is 0. The summed E-state index contributed by atoms with van der Waals surface area (Å²) in [4.78, 5) is 23.3. The maximum atomic E-state index is 7.00. The van der Waals surface area contributed by atoms with Gasteiger partial charge in [0.05, 0.1) is 48.9 Å². The van der Waals surface area contributed by atoms with E-state index in [1.165, 1.54) is 0 Å². The van der Waals surface area contributed by atoms with E-state index in [0.29, 0.717) is 17.5 Å². The molecule has 0 aliphatic carbocycles. The maximum absolute atomic E-state index is 7.00. The van der Waals surface area contributed by atoms with E-state index in [1.54, 1.807) is 47.5 Å². The first-order chi connectivity index (χ1) is 15.7. The quantitative estimate of drug-likeness (QED) is 0.301. The fourth-order valence-corrected chi connectivity index (χ4v) is 2.56. The van der Waals surface area contributed by atoms with Crippen LogP contribution in [0.4, 0.5) is 11.6 Å². The van der Waals surface area contributed by atoms with Crippen molar-refractivity contribution in [2.75, 3.05) is 31.2 Å². The molecule has 0 atom stereocenters. The normalized spacial score (nSPS) is 10.9. The van der Waals surface area contributed by atoms with Crippen molar-refractivity contribution >= 4 is 24.1 Å². The third-order valence-electron chi connectivity index (χ3n) is 4.17. The molecule has 32 heavy (non-hydrogen) atoms. The number of anilines is 2. The molecule has 0 aliphatic heterocycles. The van der Waals surface area contributed by atoms with Crippen LogP contribution in [0.5, 0.6) is 0 Å². The van der Waals surface area contributed by atoms with Gasteiger partial charge in [-0.25, -0.2) is 19.9 Å². The van der Waals surface area contributed by atoms with E-state index < -0.39 is 0 Å². The van der Waals surface area contributed by atoms with Crippen molar-refractivity contribution < 1.29 is 5.11 Å². The number of nitrogens with zero attached hydrogens (tertiary/aromatic N) is 8. The van der Waals surface area contributed by atoms with Crippen LogP contribution in [0.2, 0.25) is 0 Å². The average molecular weight is 432 g/mol. The molecule has 11 nitrogen and oxygen atoms in total. The van der Waals surface area contributed by atoms with E-state index in [4.69, 9.17) is 5.11 Å². The number of H-pyrrole nitrogens is 2. The molecule has 4 rings (SSSR count). The van der Waals surface area contributed by atoms with Crippen LogP contribution < -0.4 is 10.0 Å². The summed E-state index contributed by atoms with van der Waals surface area (Å²) in [6.45, 7) is 0. The molecule has 0 spiro atoms. The molecule has 3 aromatic heterocycles. The average Bonchev–Trinajstić information content (AvgIpc) is 3.57. The lowest BCUT2D eigenvalue weighted by Crippen LogP contribution is -2.16. The number of aromatic nitrogens is 6. The van der Waals surface area contributed by atoms with Crippen molar-refractivity contribution in [1.82, 2.24) is 29.9 Å². The van der Waals surface area contributed by atoms with Crippen LogP contribution in [0.25, 0.3) is 11.4 Å². The Morgan fingerprint density at radius 1 is 0.812 bits per heavy atom. The van der Waals surface area contributed by atoms with Gasteiger partial charge in [0.25, 0.3) is 0 Å². The van der Waals surface area contributed by atoms with Crippen molar-refractivity contribution in [3.63, 3.8) is 0 Å². The van der Waals surface area contributed by atoms with Crippen LogP contribution >= 0.6 is 0 Å². The summed E-state index contributed by atoms with van der Waals surface area (Å²) in [5.41, 5.74) is 2.49. The van der Waals surface area contributed by atoms with E-state index in [9.17, 15) is 0 Å². The molecule has 0 saturated heterocycles. The Balaban J connectivity index is 0.00000141. The van der Waals surface area contributed by atoms with E-state index in [1.807, 2.05) is 50.5 Å². The van der Waals surface area contributed by atoms with Crippen LogP contribution in [0.1, 0.15) is 11.4 Å². The van der Waals surface area contributed by atoms with Gasteiger partial charge in [0.2, 0.25) is 0 Å². The van der Waals surface area contributed by atoms with Gasteiger partial charge < -0.3 is 15.1 Å². The summed E-state index contributed by atoms with van der Waals surface area (Å²) in [6, 6.07) is 11.6. The van der Waals surface area contributed by atoms with Gasteiger partial charge >= 0.3 is 0 Å². The molecule has 0 aliphatic rings. The molecule has 0 bridgehead atoms. The first-order valence-electron chi connectivity index (χ1n) is 9.60. The molecule has 0 radical (unpaired) electrons. The molecule has 4 aromatic rings. The zero-order valence-corrected chi connectivity index (χ0v) is 18.0. The largest absolute Gasteiger partial charge is 0.400 e. The Bertz CT molecular complexity index is 1060. The van der Waals surface area contributed by atoms with Crippen LogP contribution in [0.3, 0.4) is 0 Å². The van der Waals surface area contributed by atoms with Crippen molar-refractivity contribution in [1.29, 1.82) is 0 Å². The van der Waals surface area contributed by atoms with Crippen molar-refractivity contribution in [3.05, 3.63) is 72.8 Å². The number of aromatic amines is 2. The highest BCUT2D eigenvalue weighted by Crippen LogP contribution is 2.24. The minimum atomic E-state index is 0.579. The Kier molecular flexibility index (Phi) is 7.76. The van der Waals surface area contributed by atoms with Crippen LogP contribution in [-0.4, -0.2) is 68.6 Å². The maximum Gasteiger partial charge on any atom is 0.164 e. The Morgan fingerprint density at radius 3 is 1.75 bits per heavy atom. The summed E-state index contributed by atoms with van der Waals surface area (Å²) in [6.07, 6.45) is 9.94. The highest BCUT2D eigenvalue weighted by Gasteiger charge is 2.12. The minimum absolute atomic E-state index is 0.579. The molecule has 3 heterocycles. The third kappa shape index (κ3) is 5.83. The number of hydrogen-bond donors (Lipinski definition) is 3. The lowest BCUT2D eigenvalue weighted by molar-refractivity contribution is 0.399. The molecule has 164 valence electrons. The lowest BCUT2D eigenvalue weighted by atomic mass is 10.2. The third-order valence-corrected chi connectivity index (χ3v) is 4.17. The Morgan fingerprint density at radius 2 is 1.31 bits per heavy atom. The Hall–Kier alpha value is -4.38. The van der Waals surface area contributed by atoms with Gasteiger partial charge in [0.1, 0.15) is 0 Å². The van der Waals surface area contributed by atoms with E-state index in [-0.39, 0.29) is 0 Å². The molecular weight excluding hydrogens is 408 g/mol. The molecule has 3 N–H and O–H groups in total. The molecule has 11 heteroatoms. The zero-order chi connectivity index (χ0) is 22.8. The van der Waals surface area contributed by atoms with Gasteiger partial charge in [0.15, 0.2) is 17.5 Å². The van der Waals surface area contributed by atoms with Crippen molar-refractivity contribution in [2.45, 2.75) is 0 Å². The van der Waals surface area contributed by atoms with Crippen molar-refractivity contribution in [3.8, 4) is 11.4 Å². The number of hydrazone groups is 2. The van der Waals surface area contributed by atoms with E-state index >= 15 is 0 Å². The highest BCUT2D eigenvalue weighted by atomic mass is 16.2. The minimum Gasteiger partial charge on any atom is -0.400 e. The zero-order valence-electron chi connectivity index (χ0n) is 18.0. The number of nitrogens with one attached hydrogen (secondary N) is 2. The van der Waals surface area contributed by atoms with E-state index in [2.05, 4.69) is 40.1 Å². The number of aliphatic hydroxyl groups excluding tert-OH is 1. The second-order valence-electron chi connectivity index (χ2n) is 6.32. The number of hydrogen-bond acceptors (Lipinski definition) is 9. The summed E-state index contributed by atoms with van der Waals surface area (Å²) in [7, 11) is 4.64. The topological polar surface area (TPSA) is 135 Å². The van der Waals surface area contributed by atoms with Gasteiger partial charge in [-0.3, -0.25) is 10.0 Å². The number of benzene rings is 1. The smallest absolute Gasteiger partial charge is 0.164 e. The molecule has 0 fully saturated rings.